The zero-order chi connectivity index (χ0) is 14.0. The van der Waals surface area contributed by atoms with E-state index in [9.17, 15) is 18.4 Å². The Balaban J connectivity index is 1.87. The maximum Gasteiger partial charge on any atom is 0.251 e. The SMILES string of the molecule is O=C(NCC(=O)N1CC(O)C1)c1ccc(F)c(F)c1. The number of nitrogens with zero attached hydrogens (tertiary/aromatic N) is 1. The first-order valence-corrected chi connectivity index (χ1v) is 5.66. The second kappa shape index (κ2) is 5.31. The summed E-state index contributed by atoms with van der Waals surface area (Å²) in [7, 11) is 0. The standard InChI is InChI=1S/C12H12F2N2O3/c13-9-2-1-7(3-10(9)14)12(19)15-4-11(18)16-5-8(17)6-16/h1-3,8,17H,4-6H2,(H,15,19). The maximum absolute atomic E-state index is 12.9. The molecule has 1 saturated heterocycles. The zero-order valence-corrected chi connectivity index (χ0v) is 9.90. The number of hydrogen-bond acceptors (Lipinski definition) is 3. The molecule has 2 rings (SSSR count). The summed E-state index contributed by atoms with van der Waals surface area (Å²) in [5.41, 5.74) is -0.0599. The van der Waals surface area contributed by atoms with Crippen molar-refractivity contribution in [3.8, 4) is 0 Å². The molecular formula is C12H12F2N2O3. The highest BCUT2D eigenvalue weighted by molar-refractivity contribution is 5.96. The zero-order valence-electron chi connectivity index (χ0n) is 9.90. The number of nitrogens with one attached hydrogen (secondary N) is 1. The van der Waals surface area contributed by atoms with E-state index in [0.29, 0.717) is 0 Å². The number of carbonyl (C=O) groups is 2. The van der Waals surface area contributed by atoms with Crippen LogP contribution >= 0.6 is 0 Å². The van der Waals surface area contributed by atoms with Crippen molar-refractivity contribution >= 4 is 11.8 Å². The summed E-state index contributed by atoms with van der Waals surface area (Å²) in [6, 6.07) is 2.74. The molecule has 0 saturated carbocycles. The summed E-state index contributed by atoms with van der Waals surface area (Å²) in [4.78, 5) is 24.5. The lowest BCUT2D eigenvalue weighted by atomic mass is 10.1. The highest BCUT2D eigenvalue weighted by Crippen LogP contribution is 2.09. The Labute approximate surface area is 107 Å². The smallest absolute Gasteiger partial charge is 0.251 e. The molecule has 1 aromatic carbocycles. The Morgan fingerprint density at radius 1 is 1.32 bits per heavy atom. The fourth-order valence-electron chi connectivity index (χ4n) is 1.67. The highest BCUT2D eigenvalue weighted by atomic mass is 19.2. The number of halogens is 2. The van der Waals surface area contributed by atoms with Crippen molar-refractivity contribution in [1.82, 2.24) is 10.2 Å². The lowest BCUT2D eigenvalue weighted by Gasteiger charge is -2.35. The number of β-amino-alcohol motifs (C(OH)–C–C–N with tert-alkyl or cyclic N) is 1. The van der Waals surface area contributed by atoms with Crippen molar-refractivity contribution in [3.63, 3.8) is 0 Å². The molecule has 1 heterocycles. The minimum Gasteiger partial charge on any atom is -0.389 e. The van der Waals surface area contributed by atoms with E-state index in [-0.39, 0.29) is 31.1 Å². The summed E-state index contributed by atoms with van der Waals surface area (Å²) in [5, 5.41) is 11.3. The predicted octanol–water partition coefficient (Wildman–Crippen LogP) is -0.102. The molecule has 19 heavy (non-hydrogen) atoms. The third-order valence-electron chi connectivity index (χ3n) is 2.80. The Hall–Kier alpha value is -2.02. The minimum absolute atomic E-state index is 0.0599. The van der Waals surface area contributed by atoms with E-state index in [4.69, 9.17) is 5.11 Å². The summed E-state index contributed by atoms with van der Waals surface area (Å²) in [5.74, 6) is -3.15. The molecule has 102 valence electrons. The Kier molecular flexibility index (Phi) is 3.75. The van der Waals surface area contributed by atoms with Gasteiger partial charge in [0.05, 0.1) is 12.6 Å². The third-order valence-corrected chi connectivity index (χ3v) is 2.80. The summed E-state index contributed by atoms with van der Waals surface area (Å²) >= 11 is 0. The van der Waals surface area contributed by atoms with Crippen molar-refractivity contribution in [2.45, 2.75) is 6.10 Å². The van der Waals surface area contributed by atoms with Gasteiger partial charge in [-0.3, -0.25) is 9.59 Å². The predicted molar refractivity (Wildman–Crippen MR) is 61.3 cm³/mol. The molecule has 1 aliphatic heterocycles. The molecule has 7 heteroatoms. The number of aliphatic hydroxyl groups is 1. The number of amides is 2. The van der Waals surface area contributed by atoms with Crippen LogP contribution in [0.25, 0.3) is 0 Å². The van der Waals surface area contributed by atoms with Gasteiger partial charge in [-0.05, 0) is 18.2 Å². The van der Waals surface area contributed by atoms with Gasteiger partial charge in [-0.2, -0.15) is 0 Å². The number of carbonyl (C=O) groups excluding carboxylic acids is 2. The van der Waals surface area contributed by atoms with E-state index in [2.05, 4.69) is 5.32 Å². The van der Waals surface area contributed by atoms with Gasteiger partial charge < -0.3 is 15.3 Å². The van der Waals surface area contributed by atoms with Crippen LogP contribution in [0, 0.1) is 11.6 Å². The maximum atomic E-state index is 12.9. The normalized spacial score (nSPS) is 15.0. The van der Waals surface area contributed by atoms with Gasteiger partial charge in [0.25, 0.3) is 5.91 Å². The Bertz CT molecular complexity index is 516. The van der Waals surface area contributed by atoms with E-state index in [1.807, 2.05) is 0 Å². The average Bonchev–Trinajstić information content (AvgIpc) is 2.35. The van der Waals surface area contributed by atoms with Crippen LogP contribution in [0.2, 0.25) is 0 Å². The fourth-order valence-corrected chi connectivity index (χ4v) is 1.67. The molecule has 0 unspecified atom stereocenters. The van der Waals surface area contributed by atoms with Gasteiger partial charge in [-0.15, -0.1) is 0 Å². The number of rotatable bonds is 3. The van der Waals surface area contributed by atoms with Crippen LogP contribution < -0.4 is 5.32 Å². The molecule has 1 fully saturated rings. The van der Waals surface area contributed by atoms with E-state index < -0.39 is 23.6 Å². The van der Waals surface area contributed by atoms with Gasteiger partial charge in [0.2, 0.25) is 5.91 Å². The fraction of sp³-hybridized carbons (Fsp3) is 0.333. The summed E-state index contributed by atoms with van der Waals surface area (Å²) < 4.78 is 25.6. The molecule has 0 atom stereocenters. The van der Waals surface area contributed by atoms with Gasteiger partial charge >= 0.3 is 0 Å². The Morgan fingerprint density at radius 2 is 2.00 bits per heavy atom. The molecule has 0 aliphatic carbocycles. The quantitative estimate of drug-likeness (QED) is 0.805. The first-order chi connectivity index (χ1) is 8.97. The molecule has 2 amide bonds. The molecular weight excluding hydrogens is 258 g/mol. The van der Waals surface area contributed by atoms with Crippen molar-refractivity contribution in [2.24, 2.45) is 0 Å². The second-order valence-corrected chi connectivity index (χ2v) is 4.26. The van der Waals surface area contributed by atoms with Gasteiger partial charge in [-0.25, -0.2) is 8.78 Å². The van der Waals surface area contributed by atoms with E-state index in [0.717, 1.165) is 18.2 Å². The number of hydrogen-bond donors (Lipinski definition) is 2. The van der Waals surface area contributed by atoms with Crippen LogP contribution in [0.1, 0.15) is 10.4 Å². The van der Waals surface area contributed by atoms with Crippen LogP contribution in [0.15, 0.2) is 18.2 Å². The topological polar surface area (TPSA) is 69.6 Å². The molecule has 0 bridgehead atoms. The van der Waals surface area contributed by atoms with Gasteiger partial charge in [0.1, 0.15) is 0 Å². The van der Waals surface area contributed by atoms with Gasteiger partial charge in [0, 0.05) is 18.7 Å². The van der Waals surface area contributed by atoms with Crippen LogP contribution in [0.4, 0.5) is 8.78 Å². The highest BCUT2D eigenvalue weighted by Gasteiger charge is 2.28. The largest absolute Gasteiger partial charge is 0.389 e. The van der Waals surface area contributed by atoms with Crippen molar-refractivity contribution < 1.29 is 23.5 Å². The van der Waals surface area contributed by atoms with Crippen molar-refractivity contribution in [2.75, 3.05) is 19.6 Å². The van der Waals surface area contributed by atoms with Gasteiger partial charge in [0.15, 0.2) is 11.6 Å². The molecule has 0 radical (unpaired) electrons. The molecule has 0 spiro atoms. The van der Waals surface area contributed by atoms with Crippen LogP contribution in [0.3, 0.4) is 0 Å². The minimum atomic E-state index is -1.12. The van der Waals surface area contributed by atoms with Crippen LogP contribution in [0.5, 0.6) is 0 Å². The van der Waals surface area contributed by atoms with Gasteiger partial charge in [-0.1, -0.05) is 0 Å². The first-order valence-electron chi connectivity index (χ1n) is 5.66. The number of benzene rings is 1. The summed E-state index contributed by atoms with van der Waals surface area (Å²) in [6.07, 6.45) is -0.508. The molecule has 1 aromatic rings. The molecule has 5 nitrogen and oxygen atoms in total. The third kappa shape index (κ3) is 3.05. The number of likely N-dealkylation sites (tertiary alicyclic amines) is 1. The van der Waals surface area contributed by atoms with Crippen LogP contribution in [-0.4, -0.2) is 47.6 Å². The molecule has 1 aliphatic rings. The molecule has 2 N–H and O–H groups in total. The second-order valence-electron chi connectivity index (χ2n) is 4.26. The first kappa shape index (κ1) is 13.4. The molecule has 0 aromatic heterocycles. The van der Waals surface area contributed by atoms with E-state index in [1.165, 1.54) is 4.90 Å². The van der Waals surface area contributed by atoms with Crippen molar-refractivity contribution in [3.05, 3.63) is 35.4 Å². The monoisotopic (exact) mass is 270 g/mol. The number of aliphatic hydroxyl groups excluding tert-OH is 1. The Morgan fingerprint density at radius 3 is 2.58 bits per heavy atom. The summed E-state index contributed by atoms with van der Waals surface area (Å²) in [6.45, 7) is 0.254. The van der Waals surface area contributed by atoms with Crippen LogP contribution in [-0.2, 0) is 4.79 Å². The lowest BCUT2D eigenvalue weighted by molar-refractivity contribution is -0.140. The average molecular weight is 270 g/mol. The van der Waals surface area contributed by atoms with E-state index >= 15 is 0 Å². The lowest BCUT2D eigenvalue weighted by Crippen LogP contribution is -2.55. The van der Waals surface area contributed by atoms with E-state index in [1.54, 1.807) is 0 Å². The van der Waals surface area contributed by atoms with Crippen molar-refractivity contribution in [1.29, 1.82) is 0 Å².